The molecule has 0 atom stereocenters. The lowest BCUT2D eigenvalue weighted by Gasteiger charge is -2.05. The number of benzene rings is 1. The third-order valence-corrected chi connectivity index (χ3v) is 5.98. The van der Waals surface area contributed by atoms with Crippen molar-refractivity contribution in [2.75, 3.05) is 0 Å². The van der Waals surface area contributed by atoms with Gasteiger partial charge in [-0.05, 0) is 37.6 Å². The van der Waals surface area contributed by atoms with E-state index in [1.807, 2.05) is 48.4 Å². The van der Waals surface area contributed by atoms with E-state index in [1.165, 1.54) is 0 Å². The van der Waals surface area contributed by atoms with Gasteiger partial charge in [0.05, 0.1) is 5.69 Å². The fourth-order valence-electron chi connectivity index (χ4n) is 3.48. The SMILES string of the molecule is CCn1cc(-c2ccnc(Cc3ccc(-c4nnc(C)s4)cc3)n2)c(-c2cccnc2)n1. The Morgan fingerprint density at radius 1 is 0.969 bits per heavy atom. The molecule has 0 spiro atoms. The van der Waals surface area contributed by atoms with Crippen LogP contribution in [0.15, 0.2) is 67.3 Å². The molecular weight excluding hydrogens is 418 g/mol. The monoisotopic (exact) mass is 439 g/mol. The van der Waals surface area contributed by atoms with Gasteiger partial charge in [-0.3, -0.25) is 9.67 Å². The maximum Gasteiger partial charge on any atom is 0.147 e. The topological polar surface area (TPSA) is 82.3 Å². The minimum absolute atomic E-state index is 0.646. The number of nitrogens with zero attached hydrogens (tertiary/aromatic N) is 7. The lowest BCUT2D eigenvalue weighted by atomic mass is 10.1. The van der Waals surface area contributed by atoms with Gasteiger partial charge in [0.25, 0.3) is 0 Å². The van der Waals surface area contributed by atoms with Crippen molar-refractivity contribution in [1.82, 2.24) is 34.9 Å². The minimum atomic E-state index is 0.646. The minimum Gasteiger partial charge on any atom is -0.272 e. The Bertz CT molecular complexity index is 1340. The normalized spacial score (nSPS) is 11.1. The van der Waals surface area contributed by atoms with Crippen LogP contribution >= 0.6 is 11.3 Å². The molecule has 0 aliphatic heterocycles. The first-order valence-electron chi connectivity index (χ1n) is 10.4. The molecule has 5 rings (SSSR count). The van der Waals surface area contributed by atoms with E-state index in [0.717, 1.165) is 56.0 Å². The molecule has 1 aromatic carbocycles. The molecule has 158 valence electrons. The summed E-state index contributed by atoms with van der Waals surface area (Å²) in [6.07, 6.45) is 8.09. The van der Waals surface area contributed by atoms with Gasteiger partial charge in [-0.2, -0.15) is 5.10 Å². The van der Waals surface area contributed by atoms with Gasteiger partial charge in [0.2, 0.25) is 0 Å². The Labute approximate surface area is 189 Å². The maximum atomic E-state index is 4.85. The highest BCUT2D eigenvalue weighted by Gasteiger charge is 2.15. The number of aryl methyl sites for hydroxylation is 2. The first-order chi connectivity index (χ1) is 15.7. The predicted molar refractivity (Wildman–Crippen MR) is 125 cm³/mol. The smallest absolute Gasteiger partial charge is 0.147 e. The number of aromatic nitrogens is 7. The quantitative estimate of drug-likeness (QED) is 0.376. The van der Waals surface area contributed by atoms with Crippen molar-refractivity contribution in [3.05, 3.63) is 83.6 Å². The summed E-state index contributed by atoms with van der Waals surface area (Å²) in [6.45, 7) is 4.82. The number of hydrogen-bond donors (Lipinski definition) is 0. The van der Waals surface area contributed by atoms with E-state index in [2.05, 4.69) is 51.4 Å². The van der Waals surface area contributed by atoms with Gasteiger partial charge in [0, 0.05) is 54.4 Å². The Morgan fingerprint density at radius 3 is 2.56 bits per heavy atom. The molecule has 7 nitrogen and oxygen atoms in total. The number of pyridine rings is 1. The molecule has 0 fully saturated rings. The van der Waals surface area contributed by atoms with Crippen LogP contribution in [-0.2, 0) is 13.0 Å². The highest BCUT2D eigenvalue weighted by Crippen LogP contribution is 2.30. The van der Waals surface area contributed by atoms with Crippen LogP contribution in [0.1, 0.15) is 23.3 Å². The van der Waals surface area contributed by atoms with Crippen LogP contribution in [0.4, 0.5) is 0 Å². The van der Waals surface area contributed by atoms with Crippen molar-refractivity contribution in [1.29, 1.82) is 0 Å². The molecule has 4 heterocycles. The molecule has 0 N–H and O–H groups in total. The van der Waals surface area contributed by atoms with Gasteiger partial charge in [-0.25, -0.2) is 9.97 Å². The maximum absolute atomic E-state index is 4.85. The standard InChI is InChI=1S/C24H21N7S/c1-3-31-15-20(23(30-31)19-5-4-11-25-14-19)21-10-12-26-22(27-21)13-17-6-8-18(9-7-17)24-29-28-16(2)32-24/h4-12,14-15H,3,13H2,1-2H3. The predicted octanol–water partition coefficient (Wildman–Crippen LogP) is 4.84. The molecule has 4 aromatic heterocycles. The zero-order valence-electron chi connectivity index (χ0n) is 17.8. The fourth-order valence-corrected chi connectivity index (χ4v) is 4.18. The molecule has 8 heteroatoms. The molecular formula is C24H21N7S. The second-order valence-corrected chi connectivity index (χ2v) is 8.53. The van der Waals surface area contributed by atoms with Crippen molar-refractivity contribution in [2.45, 2.75) is 26.8 Å². The average Bonchev–Trinajstić information content (AvgIpc) is 3.47. The van der Waals surface area contributed by atoms with Crippen molar-refractivity contribution >= 4 is 11.3 Å². The highest BCUT2D eigenvalue weighted by molar-refractivity contribution is 7.14. The lowest BCUT2D eigenvalue weighted by Crippen LogP contribution is -1.98. The van der Waals surface area contributed by atoms with E-state index >= 15 is 0 Å². The van der Waals surface area contributed by atoms with Gasteiger partial charge in [0.1, 0.15) is 21.5 Å². The third-order valence-electron chi connectivity index (χ3n) is 5.09. The van der Waals surface area contributed by atoms with E-state index in [9.17, 15) is 0 Å². The van der Waals surface area contributed by atoms with E-state index < -0.39 is 0 Å². The van der Waals surface area contributed by atoms with Crippen LogP contribution in [0.2, 0.25) is 0 Å². The van der Waals surface area contributed by atoms with E-state index in [1.54, 1.807) is 17.5 Å². The lowest BCUT2D eigenvalue weighted by molar-refractivity contribution is 0.662. The zero-order chi connectivity index (χ0) is 21.9. The summed E-state index contributed by atoms with van der Waals surface area (Å²) in [5, 5.41) is 14.9. The fraction of sp³-hybridized carbons (Fsp3) is 0.167. The van der Waals surface area contributed by atoms with Gasteiger partial charge in [-0.1, -0.05) is 35.6 Å². The molecule has 0 saturated carbocycles. The van der Waals surface area contributed by atoms with Crippen molar-refractivity contribution in [2.24, 2.45) is 0 Å². The molecule has 0 bridgehead atoms. The van der Waals surface area contributed by atoms with E-state index in [4.69, 9.17) is 10.1 Å². The molecule has 0 aliphatic rings. The van der Waals surface area contributed by atoms with Crippen molar-refractivity contribution in [3.8, 4) is 33.1 Å². The molecule has 0 unspecified atom stereocenters. The molecule has 0 saturated heterocycles. The Balaban J connectivity index is 1.43. The summed E-state index contributed by atoms with van der Waals surface area (Å²) in [7, 11) is 0. The number of hydrogen-bond acceptors (Lipinski definition) is 7. The van der Waals surface area contributed by atoms with Crippen LogP contribution in [0.5, 0.6) is 0 Å². The van der Waals surface area contributed by atoms with Gasteiger partial charge >= 0.3 is 0 Å². The summed E-state index contributed by atoms with van der Waals surface area (Å²) in [5.41, 5.74) is 5.89. The second kappa shape index (κ2) is 8.76. The van der Waals surface area contributed by atoms with Crippen LogP contribution in [0.25, 0.3) is 33.1 Å². The highest BCUT2D eigenvalue weighted by atomic mass is 32.1. The van der Waals surface area contributed by atoms with Crippen LogP contribution in [-0.4, -0.2) is 34.9 Å². The molecule has 0 aliphatic carbocycles. The molecule has 0 amide bonds. The average molecular weight is 440 g/mol. The Hall–Kier alpha value is -3.78. The first kappa shape index (κ1) is 20.1. The van der Waals surface area contributed by atoms with E-state index in [0.29, 0.717) is 6.42 Å². The van der Waals surface area contributed by atoms with Crippen molar-refractivity contribution in [3.63, 3.8) is 0 Å². The molecule has 5 aromatic rings. The van der Waals surface area contributed by atoms with Crippen LogP contribution < -0.4 is 0 Å². The van der Waals surface area contributed by atoms with Crippen molar-refractivity contribution < 1.29 is 0 Å². The number of rotatable bonds is 6. The summed E-state index contributed by atoms with van der Waals surface area (Å²) in [6, 6.07) is 14.2. The first-order valence-corrected chi connectivity index (χ1v) is 11.2. The van der Waals surface area contributed by atoms with Gasteiger partial charge in [-0.15, -0.1) is 10.2 Å². The Kier molecular flexibility index (Phi) is 5.51. The Morgan fingerprint density at radius 2 is 1.84 bits per heavy atom. The van der Waals surface area contributed by atoms with E-state index in [-0.39, 0.29) is 0 Å². The summed E-state index contributed by atoms with van der Waals surface area (Å²) >= 11 is 1.59. The summed E-state index contributed by atoms with van der Waals surface area (Å²) in [5.74, 6) is 0.767. The second-order valence-electron chi connectivity index (χ2n) is 7.35. The zero-order valence-corrected chi connectivity index (χ0v) is 18.6. The molecule has 0 radical (unpaired) electrons. The van der Waals surface area contributed by atoms with Gasteiger partial charge < -0.3 is 0 Å². The van der Waals surface area contributed by atoms with Crippen LogP contribution in [0.3, 0.4) is 0 Å². The summed E-state index contributed by atoms with van der Waals surface area (Å²) < 4.78 is 1.92. The molecule has 32 heavy (non-hydrogen) atoms. The summed E-state index contributed by atoms with van der Waals surface area (Å²) in [4.78, 5) is 13.6. The van der Waals surface area contributed by atoms with Crippen LogP contribution in [0, 0.1) is 6.92 Å². The third kappa shape index (κ3) is 4.17. The largest absolute Gasteiger partial charge is 0.272 e. The van der Waals surface area contributed by atoms with Gasteiger partial charge in [0.15, 0.2) is 0 Å².